The molecule has 8 nitrogen and oxygen atoms in total. The first-order valence-electron chi connectivity index (χ1n) is 8.57. The van der Waals surface area contributed by atoms with Crippen molar-refractivity contribution in [1.29, 1.82) is 0 Å². The molecule has 8 heteroatoms. The van der Waals surface area contributed by atoms with Crippen LogP contribution >= 0.6 is 0 Å². The summed E-state index contributed by atoms with van der Waals surface area (Å²) in [5.41, 5.74) is -0.912. The van der Waals surface area contributed by atoms with E-state index in [1.807, 2.05) is 0 Å². The van der Waals surface area contributed by atoms with Crippen molar-refractivity contribution in [3.63, 3.8) is 0 Å². The highest BCUT2D eigenvalue weighted by molar-refractivity contribution is 5.86. The molecule has 1 atom stereocenters. The first-order valence-corrected chi connectivity index (χ1v) is 8.57. The summed E-state index contributed by atoms with van der Waals surface area (Å²) < 4.78 is 6.90. The third-order valence-electron chi connectivity index (χ3n) is 5.12. The van der Waals surface area contributed by atoms with Gasteiger partial charge in [0.2, 0.25) is 5.91 Å². The first kappa shape index (κ1) is 18.4. The molecule has 1 aliphatic carbocycles. The van der Waals surface area contributed by atoms with Crippen molar-refractivity contribution >= 4 is 11.8 Å². The number of carbonyl (C=O) groups excluding carboxylic acids is 2. The normalized spacial score (nSPS) is 20.6. The molecule has 2 amide bonds. The van der Waals surface area contributed by atoms with Crippen LogP contribution in [-0.4, -0.2) is 63.9 Å². The van der Waals surface area contributed by atoms with Gasteiger partial charge in [-0.1, -0.05) is 0 Å². The molecule has 26 heavy (non-hydrogen) atoms. The van der Waals surface area contributed by atoms with Crippen LogP contribution in [0.15, 0.2) is 12.4 Å². The lowest BCUT2D eigenvalue weighted by Gasteiger charge is -2.47. The second-order valence-corrected chi connectivity index (χ2v) is 7.33. The van der Waals surface area contributed by atoms with Crippen molar-refractivity contribution in [2.75, 3.05) is 26.7 Å². The lowest BCUT2D eigenvalue weighted by atomic mass is 9.92. The van der Waals surface area contributed by atoms with E-state index in [2.05, 4.69) is 16.3 Å². The van der Waals surface area contributed by atoms with Crippen LogP contribution in [0, 0.1) is 17.8 Å². The Labute approximate surface area is 152 Å². The number of methoxy groups -OCH3 is 1. The Morgan fingerprint density at radius 3 is 2.69 bits per heavy atom. The number of likely N-dealkylation sites (tertiary alicyclic amines) is 1. The van der Waals surface area contributed by atoms with Crippen molar-refractivity contribution < 1.29 is 19.4 Å². The minimum Gasteiger partial charge on any atom is -0.384 e. The molecular formula is C18H24N4O4. The molecular weight excluding hydrogens is 336 g/mol. The van der Waals surface area contributed by atoms with E-state index >= 15 is 0 Å². The maximum absolute atomic E-state index is 12.6. The minimum absolute atomic E-state index is 0.104. The van der Waals surface area contributed by atoms with Gasteiger partial charge in [-0.2, -0.15) is 5.10 Å². The van der Waals surface area contributed by atoms with Gasteiger partial charge in [-0.05, 0) is 12.8 Å². The van der Waals surface area contributed by atoms with Crippen LogP contribution in [0.5, 0.6) is 0 Å². The van der Waals surface area contributed by atoms with Gasteiger partial charge >= 0.3 is 0 Å². The van der Waals surface area contributed by atoms with E-state index in [1.165, 1.54) is 12.0 Å². The molecule has 1 unspecified atom stereocenters. The number of ether oxygens (including phenoxy) is 1. The number of terminal acetylenes is 1. The van der Waals surface area contributed by atoms with Crippen LogP contribution in [0.25, 0.3) is 0 Å². The largest absolute Gasteiger partial charge is 0.384 e. The average Bonchev–Trinajstić information content (AvgIpc) is 3.25. The van der Waals surface area contributed by atoms with Crippen molar-refractivity contribution in [2.24, 2.45) is 12.5 Å². The molecule has 140 valence electrons. The molecule has 1 aromatic rings. The first-order chi connectivity index (χ1) is 12.3. The smallest absolute Gasteiger partial charge is 0.256 e. The van der Waals surface area contributed by atoms with E-state index in [4.69, 9.17) is 11.2 Å². The van der Waals surface area contributed by atoms with E-state index in [1.54, 1.807) is 24.1 Å². The molecule has 0 aromatic carbocycles. The number of nitrogens with zero attached hydrogens (tertiary/aromatic N) is 3. The summed E-state index contributed by atoms with van der Waals surface area (Å²) in [6.07, 6.45) is 9.85. The van der Waals surface area contributed by atoms with Crippen LogP contribution in [0.3, 0.4) is 0 Å². The topological polar surface area (TPSA) is 96.7 Å². The number of amides is 2. The summed E-state index contributed by atoms with van der Waals surface area (Å²) in [6.45, 7) is 0.398. The van der Waals surface area contributed by atoms with Gasteiger partial charge in [-0.3, -0.25) is 14.3 Å². The van der Waals surface area contributed by atoms with E-state index < -0.39 is 17.1 Å². The van der Waals surface area contributed by atoms with Crippen LogP contribution in [0.2, 0.25) is 0 Å². The molecule has 1 aromatic heterocycles. The predicted molar refractivity (Wildman–Crippen MR) is 92.6 cm³/mol. The van der Waals surface area contributed by atoms with Crippen LogP contribution < -0.4 is 5.32 Å². The lowest BCUT2D eigenvalue weighted by molar-refractivity contribution is -0.165. The van der Waals surface area contributed by atoms with Gasteiger partial charge in [0.1, 0.15) is 5.60 Å². The second kappa shape index (κ2) is 6.74. The summed E-state index contributed by atoms with van der Waals surface area (Å²) in [5.74, 6) is 2.19. The summed E-state index contributed by atoms with van der Waals surface area (Å²) in [7, 11) is 3.22. The summed E-state index contributed by atoms with van der Waals surface area (Å²) >= 11 is 0. The van der Waals surface area contributed by atoms with Gasteiger partial charge in [-0.25, -0.2) is 0 Å². The number of rotatable bonds is 7. The molecule has 2 aliphatic rings. The number of hydrogen-bond donors (Lipinski definition) is 2. The lowest BCUT2D eigenvalue weighted by Crippen LogP contribution is -2.68. The SMILES string of the molecule is C#CCC1(C(=O)NCC2(O)CN(C(=O)C(OC)c3cnn(C)c3)C2)CC1. The molecule has 0 spiro atoms. The third-order valence-corrected chi connectivity index (χ3v) is 5.12. The van der Waals surface area contributed by atoms with Gasteiger partial charge in [0.25, 0.3) is 5.91 Å². The number of aliphatic hydroxyl groups is 1. The highest BCUT2D eigenvalue weighted by Gasteiger charge is 2.51. The third kappa shape index (κ3) is 3.45. The Hall–Kier alpha value is -2.37. The molecule has 1 saturated heterocycles. The van der Waals surface area contributed by atoms with Crippen molar-refractivity contribution in [3.05, 3.63) is 18.0 Å². The Balaban J connectivity index is 1.51. The maximum atomic E-state index is 12.6. The number of β-amino-alcohol motifs (C(OH)–C–C–N with tert-alkyl or cyclic N) is 1. The Morgan fingerprint density at radius 1 is 1.50 bits per heavy atom. The molecule has 1 aliphatic heterocycles. The molecule has 2 heterocycles. The van der Waals surface area contributed by atoms with Crippen LogP contribution in [0.4, 0.5) is 0 Å². The van der Waals surface area contributed by atoms with Gasteiger partial charge in [0, 0.05) is 38.9 Å². The molecule has 3 rings (SSSR count). The molecule has 2 fully saturated rings. The van der Waals surface area contributed by atoms with E-state index in [0.717, 1.165) is 12.8 Å². The fraction of sp³-hybridized carbons (Fsp3) is 0.611. The minimum atomic E-state index is -1.12. The highest BCUT2D eigenvalue weighted by Crippen LogP contribution is 2.48. The van der Waals surface area contributed by atoms with E-state index in [9.17, 15) is 14.7 Å². The van der Waals surface area contributed by atoms with Gasteiger partial charge < -0.3 is 20.1 Å². The predicted octanol–water partition coefficient (Wildman–Crippen LogP) is -0.399. The molecule has 0 bridgehead atoms. The van der Waals surface area contributed by atoms with Gasteiger partial charge in [0.15, 0.2) is 6.10 Å². The Morgan fingerprint density at radius 2 is 2.19 bits per heavy atom. The zero-order valence-corrected chi connectivity index (χ0v) is 15.1. The zero-order valence-electron chi connectivity index (χ0n) is 15.1. The standard InChI is InChI=1S/C18H24N4O4/c1-4-5-17(6-7-17)16(24)19-10-18(25)11-22(12-18)15(23)14(26-3)13-8-20-21(2)9-13/h1,8-9,14,25H,5-7,10-12H2,2-3H3,(H,19,24). The fourth-order valence-corrected chi connectivity index (χ4v) is 3.32. The summed E-state index contributed by atoms with van der Waals surface area (Å²) in [4.78, 5) is 26.3. The Kier molecular flexibility index (Phi) is 4.78. The number of nitrogens with one attached hydrogen (secondary N) is 1. The van der Waals surface area contributed by atoms with E-state index in [0.29, 0.717) is 12.0 Å². The van der Waals surface area contributed by atoms with Crippen molar-refractivity contribution in [2.45, 2.75) is 31.0 Å². The number of carbonyl (C=O) groups is 2. The van der Waals surface area contributed by atoms with Gasteiger partial charge in [-0.15, -0.1) is 12.3 Å². The second-order valence-electron chi connectivity index (χ2n) is 7.33. The molecule has 1 saturated carbocycles. The number of aryl methyl sites for hydroxylation is 1. The highest BCUT2D eigenvalue weighted by atomic mass is 16.5. The quantitative estimate of drug-likeness (QED) is 0.645. The monoisotopic (exact) mass is 360 g/mol. The van der Waals surface area contributed by atoms with Crippen LogP contribution in [-0.2, 0) is 21.4 Å². The fourth-order valence-electron chi connectivity index (χ4n) is 3.32. The van der Waals surface area contributed by atoms with Gasteiger partial charge in [0.05, 0.1) is 24.7 Å². The summed E-state index contributed by atoms with van der Waals surface area (Å²) in [6, 6.07) is 0. The van der Waals surface area contributed by atoms with Crippen LogP contribution in [0.1, 0.15) is 30.9 Å². The van der Waals surface area contributed by atoms with E-state index in [-0.39, 0.29) is 31.4 Å². The average molecular weight is 360 g/mol. The Bertz CT molecular complexity index is 741. The molecule has 2 N–H and O–H groups in total. The maximum Gasteiger partial charge on any atom is 0.256 e. The van der Waals surface area contributed by atoms with Crippen molar-refractivity contribution in [3.8, 4) is 12.3 Å². The number of aromatic nitrogens is 2. The zero-order chi connectivity index (χ0) is 18.9. The van der Waals surface area contributed by atoms with Crippen molar-refractivity contribution in [1.82, 2.24) is 20.0 Å². The number of hydrogen-bond acceptors (Lipinski definition) is 5. The summed E-state index contributed by atoms with van der Waals surface area (Å²) in [5, 5.41) is 17.3. The molecule has 0 radical (unpaired) electrons.